The van der Waals surface area contributed by atoms with E-state index in [1.807, 2.05) is 11.5 Å². The molecule has 0 bridgehead atoms. The molecule has 0 aliphatic heterocycles. The monoisotopic (exact) mass is 264 g/mol. The maximum Gasteiger partial charge on any atom is 0.301 e. The Morgan fingerprint density at radius 2 is 2.39 bits per heavy atom. The highest BCUT2D eigenvalue weighted by Gasteiger charge is 2.14. The number of carbonyl (C=O) groups excluding carboxylic acids is 1. The van der Waals surface area contributed by atoms with Gasteiger partial charge >= 0.3 is 5.91 Å². The van der Waals surface area contributed by atoms with Crippen molar-refractivity contribution in [1.82, 2.24) is 15.4 Å². The van der Waals surface area contributed by atoms with Gasteiger partial charge in [-0.15, -0.1) is 0 Å². The van der Waals surface area contributed by atoms with E-state index < -0.39 is 5.91 Å². The maximum atomic E-state index is 11.4. The molecule has 2 heterocycles. The van der Waals surface area contributed by atoms with Gasteiger partial charge in [-0.1, -0.05) is 11.8 Å². The number of nitrogens with zero attached hydrogens (tertiary/aromatic N) is 2. The number of furan rings is 1. The fraction of sp³-hybridized carbons (Fsp3) is 0.182. The molecule has 0 saturated carbocycles. The number of carbonyl (C=O) groups is 1. The van der Waals surface area contributed by atoms with Crippen molar-refractivity contribution in [3.63, 3.8) is 0 Å². The van der Waals surface area contributed by atoms with E-state index in [0.29, 0.717) is 11.5 Å². The Hall–Kier alpha value is -1.86. The zero-order valence-corrected chi connectivity index (χ0v) is 10.5. The quantitative estimate of drug-likeness (QED) is 0.374. The fourth-order valence-corrected chi connectivity index (χ4v) is 2.12. The summed E-state index contributed by atoms with van der Waals surface area (Å²) < 4.78 is 5.43. The van der Waals surface area contributed by atoms with Crippen LogP contribution in [0.5, 0.6) is 0 Å². The average molecular weight is 264 g/mol. The summed E-state index contributed by atoms with van der Waals surface area (Å²) in [6.07, 6.45) is 4.92. The molecule has 94 valence electrons. The van der Waals surface area contributed by atoms with E-state index >= 15 is 0 Å². The van der Waals surface area contributed by atoms with Crippen LogP contribution in [0, 0.1) is 6.92 Å². The molecule has 0 unspecified atom stereocenters. The number of amides is 1. The Kier molecular flexibility index (Phi) is 3.96. The number of aryl methyl sites for hydroxylation is 1. The molecular weight excluding hydrogens is 252 g/mol. The van der Waals surface area contributed by atoms with E-state index in [1.54, 1.807) is 25.5 Å². The molecule has 0 fully saturated rings. The second kappa shape index (κ2) is 5.65. The van der Waals surface area contributed by atoms with Gasteiger partial charge in [0.15, 0.2) is 5.76 Å². The van der Waals surface area contributed by atoms with Crippen LogP contribution in [0.4, 0.5) is 0 Å². The van der Waals surface area contributed by atoms with Crippen molar-refractivity contribution < 1.29 is 9.21 Å². The third kappa shape index (κ3) is 2.88. The van der Waals surface area contributed by atoms with E-state index in [1.165, 1.54) is 11.8 Å². The van der Waals surface area contributed by atoms with Crippen molar-refractivity contribution in [1.29, 1.82) is 0 Å². The molecule has 2 aromatic rings. The third-order valence-electron chi connectivity index (χ3n) is 2.21. The van der Waals surface area contributed by atoms with Gasteiger partial charge in [0.1, 0.15) is 10.8 Å². The maximum absolute atomic E-state index is 11.4. The number of nitrogen functional groups attached to an aromatic ring is 1. The number of aromatic nitrogens is 2. The van der Waals surface area contributed by atoms with Gasteiger partial charge in [0.25, 0.3) is 0 Å². The molecule has 0 aliphatic carbocycles. The summed E-state index contributed by atoms with van der Waals surface area (Å²) in [6, 6.07) is 1.81. The van der Waals surface area contributed by atoms with Crippen molar-refractivity contribution in [2.75, 3.05) is 0 Å². The zero-order valence-electron chi connectivity index (χ0n) is 9.71. The van der Waals surface area contributed by atoms with Crippen LogP contribution in [0.1, 0.15) is 21.9 Å². The minimum atomic E-state index is -0.428. The van der Waals surface area contributed by atoms with E-state index in [9.17, 15) is 4.79 Å². The largest absolute Gasteiger partial charge is 0.455 e. The Morgan fingerprint density at radius 1 is 1.56 bits per heavy atom. The molecule has 0 atom stereocenters. The zero-order chi connectivity index (χ0) is 13.0. The predicted octanol–water partition coefficient (Wildman–Crippen LogP) is 1.27. The first kappa shape index (κ1) is 12.6. The van der Waals surface area contributed by atoms with Crippen molar-refractivity contribution in [2.45, 2.75) is 17.7 Å². The van der Waals surface area contributed by atoms with Crippen LogP contribution in [0.2, 0.25) is 0 Å². The van der Waals surface area contributed by atoms with Crippen molar-refractivity contribution in [3.05, 3.63) is 41.7 Å². The summed E-state index contributed by atoms with van der Waals surface area (Å²) >= 11 is 1.48. The predicted molar refractivity (Wildman–Crippen MR) is 66.7 cm³/mol. The number of hydrazine groups is 1. The molecule has 6 nitrogen and oxygen atoms in total. The molecule has 3 N–H and O–H groups in total. The second-order valence-electron chi connectivity index (χ2n) is 3.53. The topological polar surface area (TPSA) is 94.0 Å². The van der Waals surface area contributed by atoms with Gasteiger partial charge in [-0.05, 0) is 13.0 Å². The van der Waals surface area contributed by atoms with Crippen molar-refractivity contribution in [3.8, 4) is 0 Å². The number of hydrogen-bond acceptors (Lipinski definition) is 6. The minimum Gasteiger partial charge on any atom is -0.455 e. The van der Waals surface area contributed by atoms with Crippen LogP contribution in [-0.4, -0.2) is 15.9 Å². The molecule has 2 rings (SSSR count). The van der Waals surface area contributed by atoms with Gasteiger partial charge < -0.3 is 4.42 Å². The summed E-state index contributed by atoms with van der Waals surface area (Å²) in [5.41, 5.74) is 2.80. The van der Waals surface area contributed by atoms with Crippen LogP contribution in [0.25, 0.3) is 0 Å². The lowest BCUT2D eigenvalue weighted by molar-refractivity contribution is 0.0923. The summed E-state index contributed by atoms with van der Waals surface area (Å²) in [4.78, 5) is 19.5. The summed E-state index contributed by atoms with van der Waals surface area (Å²) in [5, 5.41) is 0.802. The molecule has 0 spiro atoms. The van der Waals surface area contributed by atoms with Crippen molar-refractivity contribution >= 4 is 17.7 Å². The number of nitrogens with two attached hydrogens (primary N) is 1. The summed E-state index contributed by atoms with van der Waals surface area (Å²) in [6.45, 7) is 1.80. The van der Waals surface area contributed by atoms with Gasteiger partial charge in [0.2, 0.25) is 0 Å². The Morgan fingerprint density at radius 3 is 3.06 bits per heavy atom. The van der Waals surface area contributed by atoms with Crippen LogP contribution in [-0.2, 0) is 5.75 Å². The first-order valence-electron chi connectivity index (χ1n) is 5.19. The first-order valence-corrected chi connectivity index (χ1v) is 6.18. The minimum absolute atomic E-state index is 0.243. The molecule has 0 saturated heterocycles. The summed E-state index contributed by atoms with van der Waals surface area (Å²) in [5.74, 6) is 6.16. The number of thioether (sulfide) groups is 1. The molecule has 7 heteroatoms. The average Bonchev–Trinajstić information content (AvgIpc) is 2.78. The molecular formula is C11H12N4O2S. The second-order valence-corrected chi connectivity index (χ2v) is 4.53. The Labute approximate surface area is 108 Å². The van der Waals surface area contributed by atoms with Gasteiger partial charge in [-0.25, -0.2) is 10.8 Å². The Bertz CT molecular complexity index is 541. The smallest absolute Gasteiger partial charge is 0.301 e. The molecule has 18 heavy (non-hydrogen) atoms. The standard InChI is InChI=1S/C11H12N4O2S/c1-7-4-8(17-10(7)11(16)15-12)6-18-9-5-13-2-3-14-9/h2-5H,6,12H2,1H3,(H,15,16). The number of nitrogens with one attached hydrogen (secondary N) is 1. The lowest BCUT2D eigenvalue weighted by Crippen LogP contribution is -2.30. The number of rotatable bonds is 4. The SMILES string of the molecule is Cc1cc(CSc2cnccn2)oc1C(=O)NN. The van der Waals surface area contributed by atoms with Gasteiger partial charge in [0, 0.05) is 18.0 Å². The highest BCUT2D eigenvalue weighted by molar-refractivity contribution is 7.98. The summed E-state index contributed by atoms with van der Waals surface area (Å²) in [7, 11) is 0. The Balaban J connectivity index is 2.05. The van der Waals surface area contributed by atoms with Gasteiger partial charge in [-0.3, -0.25) is 15.2 Å². The van der Waals surface area contributed by atoms with E-state index in [0.717, 1.165) is 10.6 Å². The van der Waals surface area contributed by atoms with Crippen LogP contribution < -0.4 is 11.3 Å². The van der Waals surface area contributed by atoms with Crippen molar-refractivity contribution in [2.24, 2.45) is 5.84 Å². The van der Waals surface area contributed by atoms with Crippen LogP contribution in [0.15, 0.2) is 34.1 Å². The highest BCUT2D eigenvalue weighted by atomic mass is 32.2. The van der Waals surface area contributed by atoms with Gasteiger partial charge in [0.05, 0.1) is 11.9 Å². The fourth-order valence-electron chi connectivity index (χ4n) is 1.42. The molecule has 0 aromatic carbocycles. The van der Waals surface area contributed by atoms with Crippen LogP contribution in [0.3, 0.4) is 0 Å². The molecule has 0 radical (unpaired) electrons. The van der Waals surface area contributed by atoms with E-state index in [-0.39, 0.29) is 5.76 Å². The highest BCUT2D eigenvalue weighted by Crippen LogP contribution is 2.23. The van der Waals surface area contributed by atoms with E-state index in [4.69, 9.17) is 10.3 Å². The third-order valence-corrected chi connectivity index (χ3v) is 3.14. The normalized spacial score (nSPS) is 10.3. The van der Waals surface area contributed by atoms with E-state index in [2.05, 4.69) is 9.97 Å². The molecule has 2 aromatic heterocycles. The first-order chi connectivity index (χ1) is 8.70. The lowest BCUT2D eigenvalue weighted by atomic mass is 10.2. The van der Waals surface area contributed by atoms with Crippen LogP contribution >= 0.6 is 11.8 Å². The molecule has 0 aliphatic rings. The molecule has 1 amide bonds. The van der Waals surface area contributed by atoms with Gasteiger partial charge in [-0.2, -0.15) is 0 Å². The lowest BCUT2D eigenvalue weighted by Gasteiger charge is -1.97. The number of hydrogen-bond donors (Lipinski definition) is 2.